The first kappa shape index (κ1) is 11.8. The Morgan fingerprint density at radius 1 is 1.39 bits per heavy atom. The first-order valence-corrected chi connectivity index (χ1v) is 6.73. The van der Waals surface area contributed by atoms with Crippen LogP contribution in [-0.2, 0) is 4.79 Å². The number of aromatic hydroxyl groups is 1. The van der Waals surface area contributed by atoms with E-state index in [1.807, 2.05) is 0 Å². The van der Waals surface area contributed by atoms with E-state index in [-0.39, 0.29) is 0 Å². The fourth-order valence-corrected chi connectivity index (χ4v) is 3.28. The fraction of sp³-hybridized carbons (Fsp3) is 0.500. The Morgan fingerprint density at radius 3 is 2.72 bits per heavy atom. The Balaban J connectivity index is 2.00. The predicted molar refractivity (Wildman–Crippen MR) is 68.4 cm³/mol. The van der Waals surface area contributed by atoms with Gasteiger partial charge in [0.25, 0.3) is 0 Å². The van der Waals surface area contributed by atoms with Crippen LogP contribution in [0.5, 0.6) is 11.5 Å². The molecule has 1 saturated carbocycles. The van der Waals surface area contributed by atoms with Crippen molar-refractivity contribution in [2.75, 3.05) is 0 Å². The minimum Gasteiger partial charge on any atom is -0.508 e. The number of esters is 1. The Morgan fingerprint density at radius 2 is 2.06 bits per heavy atom. The molecule has 1 unspecified atom stereocenters. The molecule has 1 fully saturated rings. The van der Waals surface area contributed by atoms with Crippen LogP contribution in [-0.4, -0.2) is 16.5 Å². The van der Waals surface area contributed by atoms with E-state index < -0.39 is 11.3 Å². The molecule has 0 amide bonds. The van der Waals surface area contributed by atoms with Gasteiger partial charge in [-0.3, -0.25) is 4.79 Å². The lowest BCUT2D eigenvalue weighted by Gasteiger charge is -2.19. The van der Waals surface area contributed by atoms with E-state index in [1.54, 1.807) is 19.1 Å². The standard InChI is InChI=1S/C14H15ClO3/c1-7(15)14(17)18-11-5-4-10(16)12-8-2-3-9(6-8)13(11)12/h4-5,7-9,16H,2-3,6H2,1H3/t7?,8-,9+/m0/s1. The molecule has 1 aromatic rings. The molecule has 1 aromatic carbocycles. The van der Waals surface area contributed by atoms with Gasteiger partial charge in [0.2, 0.25) is 0 Å². The fourth-order valence-electron chi connectivity index (χ4n) is 3.24. The van der Waals surface area contributed by atoms with E-state index in [2.05, 4.69) is 0 Å². The van der Waals surface area contributed by atoms with Gasteiger partial charge >= 0.3 is 5.97 Å². The molecule has 0 aromatic heterocycles. The molecule has 0 spiro atoms. The van der Waals surface area contributed by atoms with Gasteiger partial charge in [-0.15, -0.1) is 11.6 Å². The average Bonchev–Trinajstić information content (AvgIpc) is 2.93. The number of fused-ring (bicyclic) bond motifs is 5. The van der Waals surface area contributed by atoms with Crippen LogP contribution in [0.15, 0.2) is 12.1 Å². The third kappa shape index (κ3) is 1.69. The average molecular weight is 267 g/mol. The first-order valence-electron chi connectivity index (χ1n) is 6.29. The van der Waals surface area contributed by atoms with Crippen LogP contribution < -0.4 is 4.74 Å². The van der Waals surface area contributed by atoms with Gasteiger partial charge in [0.05, 0.1) is 0 Å². The summed E-state index contributed by atoms with van der Waals surface area (Å²) < 4.78 is 5.34. The number of rotatable bonds is 2. The minimum absolute atomic E-state index is 0.330. The van der Waals surface area contributed by atoms with Crippen molar-refractivity contribution in [3.63, 3.8) is 0 Å². The van der Waals surface area contributed by atoms with Crippen molar-refractivity contribution in [2.24, 2.45) is 0 Å². The number of halogens is 1. The van der Waals surface area contributed by atoms with Crippen LogP contribution in [0.4, 0.5) is 0 Å². The van der Waals surface area contributed by atoms with E-state index in [4.69, 9.17) is 16.3 Å². The minimum atomic E-state index is -0.659. The number of hydrogen-bond acceptors (Lipinski definition) is 3. The lowest BCUT2D eigenvalue weighted by atomic mass is 9.90. The third-order valence-electron chi connectivity index (χ3n) is 4.01. The second-order valence-corrected chi connectivity index (χ2v) is 5.81. The Kier molecular flexibility index (Phi) is 2.74. The molecule has 0 aliphatic heterocycles. The zero-order chi connectivity index (χ0) is 12.9. The molecule has 1 N–H and O–H groups in total. The number of alkyl halides is 1. The van der Waals surface area contributed by atoms with Gasteiger partial charge in [-0.05, 0) is 50.2 Å². The molecule has 2 aliphatic carbocycles. The number of carbonyl (C=O) groups excluding carboxylic acids is 1. The van der Waals surface area contributed by atoms with Crippen molar-refractivity contribution >= 4 is 17.6 Å². The SMILES string of the molecule is CC(Cl)C(=O)Oc1ccc(O)c2c1[C@@H]1CC[C@H]2C1. The van der Waals surface area contributed by atoms with E-state index in [0.29, 0.717) is 23.3 Å². The summed E-state index contributed by atoms with van der Waals surface area (Å²) in [7, 11) is 0. The van der Waals surface area contributed by atoms with Gasteiger partial charge in [-0.25, -0.2) is 0 Å². The zero-order valence-corrected chi connectivity index (χ0v) is 10.9. The molecule has 0 radical (unpaired) electrons. The van der Waals surface area contributed by atoms with Gasteiger partial charge in [-0.1, -0.05) is 0 Å². The van der Waals surface area contributed by atoms with E-state index in [1.165, 1.54) is 0 Å². The van der Waals surface area contributed by atoms with Crippen molar-refractivity contribution in [3.05, 3.63) is 23.3 Å². The van der Waals surface area contributed by atoms with E-state index >= 15 is 0 Å². The number of ether oxygens (including phenoxy) is 1. The van der Waals surface area contributed by atoms with Crippen molar-refractivity contribution in [3.8, 4) is 11.5 Å². The summed E-state index contributed by atoms with van der Waals surface area (Å²) in [5.74, 6) is 1.32. The smallest absolute Gasteiger partial charge is 0.329 e. The molecule has 3 rings (SSSR count). The highest BCUT2D eigenvalue weighted by Crippen LogP contribution is 2.58. The molecule has 2 aliphatic rings. The molecule has 3 nitrogen and oxygen atoms in total. The van der Waals surface area contributed by atoms with Crippen molar-refractivity contribution in [1.82, 2.24) is 0 Å². The van der Waals surface area contributed by atoms with Crippen molar-refractivity contribution in [2.45, 2.75) is 43.4 Å². The molecule has 0 saturated heterocycles. The van der Waals surface area contributed by atoms with Crippen LogP contribution in [0, 0.1) is 0 Å². The van der Waals surface area contributed by atoms with E-state index in [0.717, 1.165) is 30.4 Å². The number of carbonyl (C=O) groups is 1. The molecule has 18 heavy (non-hydrogen) atoms. The van der Waals surface area contributed by atoms with Gasteiger partial charge < -0.3 is 9.84 Å². The lowest BCUT2D eigenvalue weighted by molar-refractivity contribution is -0.133. The number of phenolic OH excluding ortho intramolecular Hbond substituents is 1. The topological polar surface area (TPSA) is 46.5 Å². The van der Waals surface area contributed by atoms with E-state index in [9.17, 15) is 9.90 Å². The summed E-state index contributed by atoms with van der Waals surface area (Å²) in [4.78, 5) is 11.6. The molecule has 3 atom stereocenters. The maximum absolute atomic E-state index is 11.6. The molecular weight excluding hydrogens is 252 g/mol. The van der Waals surface area contributed by atoms with Crippen LogP contribution in [0.1, 0.15) is 49.1 Å². The highest BCUT2D eigenvalue weighted by molar-refractivity contribution is 6.29. The van der Waals surface area contributed by atoms with Gasteiger partial charge in [0, 0.05) is 11.1 Å². The second-order valence-electron chi connectivity index (χ2n) is 5.15. The highest BCUT2D eigenvalue weighted by atomic mass is 35.5. The van der Waals surface area contributed by atoms with Gasteiger partial charge in [-0.2, -0.15) is 0 Å². The van der Waals surface area contributed by atoms with Crippen LogP contribution in [0.2, 0.25) is 0 Å². The Labute approximate surface area is 111 Å². The molecule has 0 heterocycles. The largest absolute Gasteiger partial charge is 0.508 e. The quantitative estimate of drug-likeness (QED) is 0.508. The number of hydrogen-bond donors (Lipinski definition) is 1. The normalized spacial score (nSPS) is 25.9. The number of benzene rings is 1. The van der Waals surface area contributed by atoms with Gasteiger partial charge in [0.1, 0.15) is 16.9 Å². The maximum Gasteiger partial charge on any atom is 0.329 e. The summed E-state index contributed by atoms with van der Waals surface area (Å²) >= 11 is 5.72. The summed E-state index contributed by atoms with van der Waals surface area (Å²) in [5.41, 5.74) is 2.01. The Bertz CT molecular complexity index is 510. The Hall–Kier alpha value is -1.22. The van der Waals surface area contributed by atoms with Crippen LogP contribution in [0.25, 0.3) is 0 Å². The highest BCUT2D eigenvalue weighted by Gasteiger charge is 2.41. The summed E-state index contributed by atoms with van der Waals surface area (Å²) in [6.45, 7) is 1.59. The number of phenols is 1. The molecule has 96 valence electrons. The van der Waals surface area contributed by atoms with Gasteiger partial charge in [0.15, 0.2) is 0 Å². The molecular formula is C14H15ClO3. The zero-order valence-electron chi connectivity index (χ0n) is 10.1. The summed E-state index contributed by atoms with van der Waals surface area (Å²) in [5, 5.41) is 9.30. The van der Waals surface area contributed by atoms with Crippen LogP contribution in [0.3, 0.4) is 0 Å². The monoisotopic (exact) mass is 266 g/mol. The second kappa shape index (κ2) is 4.16. The first-order chi connectivity index (χ1) is 8.58. The summed E-state index contributed by atoms with van der Waals surface area (Å²) in [6.07, 6.45) is 3.30. The van der Waals surface area contributed by atoms with Crippen LogP contribution >= 0.6 is 11.6 Å². The van der Waals surface area contributed by atoms with Crippen molar-refractivity contribution < 1.29 is 14.6 Å². The summed E-state index contributed by atoms with van der Waals surface area (Å²) in [6, 6.07) is 3.28. The lowest BCUT2D eigenvalue weighted by Crippen LogP contribution is -2.18. The molecule has 2 bridgehead atoms. The van der Waals surface area contributed by atoms with Crippen molar-refractivity contribution in [1.29, 1.82) is 0 Å². The maximum atomic E-state index is 11.6. The predicted octanol–water partition coefficient (Wildman–Crippen LogP) is 3.29. The third-order valence-corrected chi connectivity index (χ3v) is 4.19. The molecule has 4 heteroatoms.